The van der Waals surface area contributed by atoms with E-state index in [0.29, 0.717) is 24.8 Å². The van der Waals surface area contributed by atoms with E-state index in [2.05, 4.69) is 39.9 Å². The van der Waals surface area contributed by atoms with Gasteiger partial charge in [0.15, 0.2) is 0 Å². The maximum absolute atomic E-state index is 13.1. The van der Waals surface area contributed by atoms with Crippen molar-refractivity contribution in [3.05, 3.63) is 23.8 Å². The van der Waals surface area contributed by atoms with Crippen LogP contribution in [0.3, 0.4) is 0 Å². The van der Waals surface area contributed by atoms with Crippen molar-refractivity contribution < 1.29 is 17.9 Å². The molecule has 0 spiro atoms. The van der Waals surface area contributed by atoms with Crippen molar-refractivity contribution >= 4 is 15.9 Å². The van der Waals surface area contributed by atoms with Gasteiger partial charge in [0.1, 0.15) is 5.75 Å². The lowest BCUT2D eigenvalue weighted by molar-refractivity contribution is 0.0907. The van der Waals surface area contributed by atoms with Gasteiger partial charge in [-0.25, -0.2) is 8.42 Å². The number of carbonyl (C=O) groups excluding carboxylic acids is 1. The second kappa shape index (κ2) is 9.27. The Morgan fingerprint density at radius 3 is 2.21 bits per heavy atom. The summed E-state index contributed by atoms with van der Waals surface area (Å²) in [6.07, 6.45) is 1.71. The number of ether oxygens (including phenoxy) is 1. The minimum Gasteiger partial charge on any atom is -0.496 e. The number of benzene rings is 1. The normalized spacial score (nSPS) is 16.8. The molecule has 1 aliphatic rings. The topological polar surface area (TPSA) is 75.7 Å². The third kappa shape index (κ3) is 5.06. The molecule has 1 aromatic rings. The van der Waals surface area contributed by atoms with E-state index in [-0.39, 0.29) is 34.2 Å². The van der Waals surface area contributed by atoms with Crippen LogP contribution >= 0.6 is 0 Å². The van der Waals surface area contributed by atoms with E-state index < -0.39 is 10.0 Å². The number of carbonyl (C=O) groups is 1. The fourth-order valence-electron chi connectivity index (χ4n) is 3.73. The second-order valence-corrected chi connectivity index (χ2v) is 10.4. The quantitative estimate of drug-likeness (QED) is 0.746. The lowest BCUT2D eigenvalue weighted by Gasteiger charge is -2.29. The average Bonchev–Trinajstić information content (AvgIpc) is 2.65. The fourth-order valence-corrected chi connectivity index (χ4v) is 5.23. The van der Waals surface area contributed by atoms with Gasteiger partial charge in [-0.1, -0.05) is 34.6 Å². The molecule has 2 rings (SSSR count). The molecule has 28 heavy (non-hydrogen) atoms. The highest BCUT2D eigenvalue weighted by atomic mass is 32.2. The molecule has 0 radical (unpaired) electrons. The zero-order valence-corrected chi connectivity index (χ0v) is 18.7. The van der Waals surface area contributed by atoms with Crippen LogP contribution < -0.4 is 10.1 Å². The van der Waals surface area contributed by atoms with Gasteiger partial charge in [0.25, 0.3) is 5.91 Å². The first-order valence-electron chi connectivity index (χ1n) is 10.1. The van der Waals surface area contributed by atoms with Crippen molar-refractivity contribution in [2.75, 3.05) is 20.2 Å². The predicted octanol–water partition coefficient (Wildman–Crippen LogP) is 3.53. The number of amides is 1. The minimum atomic E-state index is -3.63. The van der Waals surface area contributed by atoms with Crippen LogP contribution in [-0.4, -0.2) is 44.9 Å². The molecule has 1 fully saturated rings. The number of hydrogen-bond donors (Lipinski definition) is 1. The largest absolute Gasteiger partial charge is 0.496 e. The first-order chi connectivity index (χ1) is 13.1. The van der Waals surface area contributed by atoms with Crippen molar-refractivity contribution in [3.63, 3.8) is 0 Å². The Hall–Kier alpha value is -1.60. The van der Waals surface area contributed by atoms with Gasteiger partial charge in [-0.15, -0.1) is 0 Å². The lowest BCUT2D eigenvalue weighted by Crippen LogP contribution is -2.42. The van der Waals surface area contributed by atoms with Crippen LogP contribution in [0.15, 0.2) is 23.1 Å². The number of piperidine rings is 1. The summed E-state index contributed by atoms with van der Waals surface area (Å²) in [6, 6.07) is 4.51. The summed E-state index contributed by atoms with van der Waals surface area (Å²) in [4.78, 5) is 13.1. The molecule has 1 heterocycles. The van der Waals surface area contributed by atoms with Gasteiger partial charge < -0.3 is 10.1 Å². The molecule has 6 nitrogen and oxygen atoms in total. The molecule has 7 heteroatoms. The summed E-state index contributed by atoms with van der Waals surface area (Å²) in [5, 5.41) is 3.04. The van der Waals surface area contributed by atoms with Crippen LogP contribution in [-0.2, 0) is 10.0 Å². The van der Waals surface area contributed by atoms with E-state index in [4.69, 9.17) is 4.74 Å². The Labute approximate surface area is 169 Å². The zero-order chi connectivity index (χ0) is 21.1. The Kier molecular flexibility index (Phi) is 7.51. The summed E-state index contributed by atoms with van der Waals surface area (Å²) >= 11 is 0. The molecule has 0 saturated carbocycles. The molecule has 1 aromatic carbocycles. The molecule has 0 aliphatic carbocycles. The van der Waals surface area contributed by atoms with E-state index in [9.17, 15) is 13.2 Å². The molecular weight excluding hydrogens is 376 g/mol. The van der Waals surface area contributed by atoms with E-state index in [1.54, 1.807) is 6.07 Å². The molecule has 1 amide bonds. The summed E-state index contributed by atoms with van der Waals surface area (Å²) < 4.78 is 33.0. The third-order valence-corrected chi connectivity index (χ3v) is 7.42. The Bertz CT molecular complexity index is 774. The molecule has 0 bridgehead atoms. The molecule has 0 unspecified atom stereocenters. The fraction of sp³-hybridized carbons (Fsp3) is 0.667. The summed E-state index contributed by atoms with van der Waals surface area (Å²) in [5.41, 5.74) is 0.250. The van der Waals surface area contributed by atoms with Crippen molar-refractivity contribution in [3.8, 4) is 5.75 Å². The molecule has 1 aliphatic heterocycles. The van der Waals surface area contributed by atoms with Crippen LogP contribution in [0.1, 0.15) is 57.8 Å². The highest BCUT2D eigenvalue weighted by Crippen LogP contribution is 2.28. The first kappa shape index (κ1) is 22.7. The number of methoxy groups -OCH3 is 1. The molecule has 1 N–H and O–H groups in total. The second-order valence-electron chi connectivity index (χ2n) is 8.44. The first-order valence-corrected chi connectivity index (χ1v) is 11.5. The Morgan fingerprint density at radius 1 is 1.14 bits per heavy atom. The van der Waals surface area contributed by atoms with Gasteiger partial charge >= 0.3 is 0 Å². The highest BCUT2D eigenvalue weighted by Gasteiger charge is 2.30. The zero-order valence-electron chi connectivity index (χ0n) is 17.9. The third-order valence-electron chi connectivity index (χ3n) is 5.53. The van der Waals surface area contributed by atoms with Crippen LogP contribution in [0, 0.1) is 17.8 Å². The summed E-state index contributed by atoms with van der Waals surface area (Å²) in [6.45, 7) is 11.4. The average molecular weight is 411 g/mol. The van der Waals surface area contributed by atoms with E-state index in [0.717, 1.165) is 12.8 Å². The molecular formula is C21H34N2O4S. The maximum Gasteiger partial charge on any atom is 0.255 e. The minimum absolute atomic E-state index is 0.0129. The molecule has 0 aromatic heterocycles. The van der Waals surface area contributed by atoms with Crippen molar-refractivity contribution in [2.24, 2.45) is 17.8 Å². The number of nitrogens with zero attached hydrogens (tertiary/aromatic N) is 1. The van der Waals surface area contributed by atoms with Gasteiger partial charge in [-0.2, -0.15) is 4.31 Å². The van der Waals surface area contributed by atoms with Crippen molar-refractivity contribution in [1.82, 2.24) is 9.62 Å². The highest BCUT2D eigenvalue weighted by molar-refractivity contribution is 7.89. The van der Waals surface area contributed by atoms with Crippen LogP contribution in [0.25, 0.3) is 0 Å². The Morgan fingerprint density at radius 2 is 1.71 bits per heavy atom. The molecule has 0 atom stereocenters. The van der Waals surface area contributed by atoms with Crippen LogP contribution in [0.2, 0.25) is 0 Å². The van der Waals surface area contributed by atoms with Gasteiger partial charge in [0, 0.05) is 19.1 Å². The van der Waals surface area contributed by atoms with Crippen LogP contribution in [0.5, 0.6) is 5.75 Å². The molecule has 1 saturated heterocycles. The SMILES string of the molecule is COc1ccc(S(=O)(=O)N2CCC(C)CC2)cc1C(=O)NC(C(C)C)C(C)C. The number of hydrogen-bond acceptors (Lipinski definition) is 4. The van der Waals surface area contributed by atoms with E-state index in [1.807, 2.05) is 0 Å². The number of sulfonamides is 1. The van der Waals surface area contributed by atoms with Crippen molar-refractivity contribution in [2.45, 2.75) is 58.4 Å². The Balaban J connectivity index is 2.34. The smallest absolute Gasteiger partial charge is 0.255 e. The van der Waals surface area contributed by atoms with E-state index in [1.165, 1.54) is 23.5 Å². The van der Waals surface area contributed by atoms with E-state index >= 15 is 0 Å². The monoisotopic (exact) mass is 410 g/mol. The maximum atomic E-state index is 13.1. The van der Waals surface area contributed by atoms with Crippen molar-refractivity contribution in [1.29, 1.82) is 0 Å². The van der Waals surface area contributed by atoms with Crippen LogP contribution in [0.4, 0.5) is 0 Å². The number of nitrogens with one attached hydrogen (secondary N) is 1. The summed E-state index contributed by atoms with van der Waals surface area (Å²) in [5.74, 6) is 1.12. The lowest BCUT2D eigenvalue weighted by atomic mass is 9.93. The standard InChI is InChI=1S/C21H34N2O4S/c1-14(2)20(15(3)4)22-21(24)18-13-17(7-8-19(18)27-6)28(25,26)23-11-9-16(5)10-12-23/h7-8,13-16,20H,9-12H2,1-6H3,(H,22,24). The number of rotatable bonds is 7. The molecule has 158 valence electrons. The summed E-state index contributed by atoms with van der Waals surface area (Å²) in [7, 11) is -2.15. The van der Waals surface area contributed by atoms with Gasteiger partial charge in [-0.3, -0.25) is 4.79 Å². The van der Waals surface area contributed by atoms with Gasteiger partial charge in [-0.05, 0) is 48.8 Å². The van der Waals surface area contributed by atoms with Gasteiger partial charge in [0.2, 0.25) is 10.0 Å². The van der Waals surface area contributed by atoms with Gasteiger partial charge in [0.05, 0.1) is 17.6 Å². The predicted molar refractivity (Wildman–Crippen MR) is 111 cm³/mol.